The molecule has 1 rings (SSSR count). The fourth-order valence-corrected chi connectivity index (χ4v) is 1.39. The summed E-state index contributed by atoms with van der Waals surface area (Å²) in [5.41, 5.74) is 2.44. The number of halogens is 6. The van der Waals surface area contributed by atoms with Crippen molar-refractivity contribution >= 4 is 0 Å². The third-order valence-corrected chi connectivity index (χ3v) is 2.11. The monoisotopic (exact) mass is 299 g/mol. The van der Waals surface area contributed by atoms with Gasteiger partial charge in [0.15, 0.2) is 5.75 Å². The number of hydrogen-bond acceptors (Lipinski definition) is 4. The van der Waals surface area contributed by atoms with Crippen LogP contribution in [0.4, 0.5) is 26.3 Å². The molecule has 0 spiro atoms. The first-order chi connectivity index (χ1) is 9.08. The first kappa shape index (κ1) is 16.0. The molecule has 110 valence electrons. The fourth-order valence-electron chi connectivity index (χ4n) is 1.39. The van der Waals surface area contributed by atoms with Gasteiger partial charge in [-0.15, -0.1) is 13.2 Å². The summed E-state index contributed by atoms with van der Waals surface area (Å²) < 4.78 is 77.9. The van der Waals surface area contributed by atoms with Crippen molar-refractivity contribution in [2.24, 2.45) is 5.73 Å². The van der Waals surface area contributed by atoms with E-state index in [1.165, 1.54) is 6.07 Å². The zero-order valence-electron chi connectivity index (χ0n) is 9.64. The molecule has 10 heteroatoms. The highest BCUT2D eigenvalue weighted by atomic mass is 19.4. The van der Waals surface area contributed by atoms with E-state index >= 15 is 0 Å². The van der Waals surface area contributed by atoms with Gasteiger partial charge in [-0.25, -0.2) is 0 Å². The van der Waals surface area contributed by atoms with E-state index in [4.69, 9.17) is 11.0 Å². The Hall–Kier alpha value is -2.02. The molecule has 0 bridgehead atoms. The molecule has 2 N–H and O–H groups in total. The highest BCUT2D eigenvalue weighted by molar-refractivity contribution is 5.38. The average Bonchev–Trinajstić information content (AvgIpc) is 2.27. The largest absolute Gasteiger partial charge is 0.573 e. The molecule has 0 atom stereocenters. The maximum atomic E-state index is 12.7. The fraction of sp³-hybridized carbons (Fsp3) is 0.400. The maximum Gasteiger partial charge on any atom is 0.573 e. The number of hydrogen-bond donors (Lipinski definition) is 1. The average molecular weight is 299 g/mol. The standard InChI is InChI=1S/C10H7F6N3O/c11-9(12,13)5-3-8(20-10(14,15)16)7(4-18)19-6(5)1-2-17/h3H,1,4,18H2. The molecule has 0 aliphatic carbocycles. The van der Waals surface area contributed by atoms with Gasteiger partial charge in [0.1, 0.15) is 0 Å². The van der Waals surface area contributed by atoms with Gasteiger partial charge in [-0.05, 0) is 6.07 Å². The van der Waals surface area contributed by atoms with Crippen molar-refractivity contribution in [3.05, 3.63) is 23.0 Å². The van der Waals surface area contributed by atoms with E-state index in [2.05, 4.69) is 9.72 Å². The van der Waals surface area contributed by atoms with Crippen LogP contribution in [0.2, 0.25) is 0 Å². The van der Waals surface area contributed by atoms with Crippen molar-refractivity contribution in [3.63, 3.8) is 0 Å². The van der Waals surface area contributed by atoms with Crippen LogP contribution in [0.25, 0.3) is 0 Å². The van der Waals surface area contributed by atoms with Gasteiger partial charge in [-0.2, -0.15) is 18.4 Å². The molecule has 0 saturated heterocycles. The van der Waals surface area contributed by atoms with Crippen LogP contribution < -0.4 is 10.5 Å². The van der Waals surface area contributed by atoms with E-state index in [0.29, 0.717) is 0 Å². The Balaban J connectivity index is 3.43. The van der Waals surface area contributed by atoms with Crippen molar-refractivity contribution in [3.8, 4) is 11.8 Å². The summed E-state index contributed by atoms with van der Waals surface area (Å²) in [4.78, 5) is 3.34. The zero-order chi connectivity index (χ0) is 15.6. The van der Waals surface area contributed by atoms with Crippen molar-refractivity contribution in [1.82, 2.24) is 4.98 Å². The van der Waals surface area contributed by atoms with Crippen LogP contribution in [-0.2, 0) is 19.1 Å². The zero-order valence-corrected chi connectivity index (χ0v) is 9.64. The number of nitriles is 1. The van der Waals surface area contributed by atoms with Gasteiger partial charge in [0.2, 0.25) is 0 Å². The molecular weight excluding hydrogens is 292 g/mol. The number of nitrogens with two attached hydrogens (primary N) is 1. The molecular formula is C10H7F6N3O. The first-order valence-electron chi connectivity index (χ1n) is 5.01. The summed E-state index contributed by atoms with van der Waals surface area (Å²) in [5.74, 6) is -1.13. The lowest BCUT2D eigenvalue weighted by Crippen LogP contribution is -2.21. The first-order valence-corrected chi connectivity index (χ1v) is 5.01. The summed E-state index contributed by atoms with van der Waals surface area (Å²) in [6, 6.07) is 1.60. The number of ether oxygens (including phenoxy) is 1. The lowest BCUT2D eigenvalue weighted by Gasteiger charge is -2.16. The molecule has 0 saturated carbocycles. The van der Waals surface area contributed by atoms with Gasteiger partial charge in [0.25, 0.3) is 0 Å². The van der Waals surface area contributed by atoms with Crippen LogP contribution in [0.5, 0.6) is 5.75 Å². The summed E-state index contributed by atoms with van der Waals surface area (Å²) >= 11 is 0. The van der Waals surface area contributed by atoms with Crippen molar-refractivity contribution in [2.75, 3.05) is 0 Å². The highest BCUT2D eigenvalue weighted by Crippen LogP contribution is 2.36. The Labute approximate surface area is 108 Å². The molecule has 1 heterocycles. The molecule has 0 radical (unpaired) electrons. The second kappa shape index (κ2) is 5.54. The number of alkyl halides is 6. The minimum absolute atomic E-state index is 0.148. The normalized spacial score (nSPS) is 12.1. The molecule has 0 amide bonds. The molecule has 20 heavy (non-hydrogen) atoms. The smallest absolute Gasteiger partial charge is 0.404 e. The lowest BCUT2D eigenvalue weighted by atomic mass is 10.1. The van der Waals surface area contributed by atoms with E-state index in [-0.39, 0.29) is 6.07 Å². The predicted octanol–water partition coefficient (Wildman–Crippen LogP) is 2.52. The van der Waals surface area contributed by atoms with Crippen LogP contribution in [0, 0.1) is 11.3 Å². The van der Waals surface area contributed by atoms with Crippen molar-refractivity contribution in [1.29, 1.82) is 5.26 Å². The SMILES string of the molecule is N#CCc1nc(CN)c(OC(F)(F)F)cc1C(F)(F)F. The Morgan fingerprint density at radius 3 is 2.20 bits per heavy atom. The Bertz CT molecular complexity index is 532. The van der Waals surface area contributed by atoms with Crippen LogP contribution in [0.3, 0.4) is 0 Å². The third-order valence-electron chi connectivity index (χ3n) is 2.11. The second-order valence-corrected chi connectivity index (χ2v) is 3.51. The number of rotatable bonds is 3. The molecule has 0 unspecified atom stereocenters. The summed E-state index contributed by atoms with van der Waals surface area (Å²) in [7, 11) is 0. The van der Waals surface area contributed by atoms with Crippen LogP contribution in [0.1, 0.15) is 17.0 Å². The molecule has 1 aromatic rings. The molecule has 1 aromatic heterocycles. The van der Waals surface area contributed by atoms with E-state index in [9.17, 15) is 26.3 Å². The van der Waals surface area contributed by atoms with Crippen LogP contribution in [0.15, 0.2) is 6.07 Å². The summed E-state index contributed by atoms with van der Waals surface area (Å²) in [6.07, 6.45) is -10.9. The summed E-state index contributed by atoms with van der Waals surface area (Å²) in [5, 5.41) is 8.43. The van der Waals surface area contributed by atoms with E-state index < -0.39 is 48.2 Å². The predicted molar refractivity (Wildman–Crippen MR) is 53.1 cm³/mol. The van der Waals surface area contributed by atoms with E-state index in [1.54, 1.807) is 0 Å². The van der Waals surface area contributed by atoms with Gasteiger partial charge < -0.3 is 10.5 Å². The molecule has 0 aliphatic rings. The molecule has 0 aliphatic heterocycles. The van der Waals surface area contributed by atoms with Crippen LogP contribution in [-0.4, -0.2) is 11.3 Å². The quantitative estimate of drug-likeness (QED) is 0.870. The van der Waals surface area contributed by atoms with Crippen molar-refractivity contribution < 1.29 is 31.1 Å². The number of aromatic nitrogens is 1. The van der Waals surface area contributed by atoms with E-state index in [1.807, 2.05) is 0 Å². The highest BCUT2D eigenvalue weighted by Gasteiger charge is 2.38. The van der Waals surface area contributed by atoms with Gasteiger partial charge in [-0.1, -0.05) is 0 Å². The van der Waals surface area contributed by atoms with Gasteiger partial charge in [-0.3, -0.25) is 4.98 Å². The molecule has 4 nitrogen and oxygen atoms in total. The molecule has 0 fully saturated rings. The Morgan fingerprint density at radius 1 is 1.20 bits per heavy atom. The minimum Gasteiger partial charge on any atom is -0.404 e. The minimum atomic E-state index is -5.18. The molecule has 0 aromatic carbocycles. The Morgan fingerprint density at radius 2 is 1.80 bits per heavy atom. The maximum absolute atomic E-state index is 12.7. The number of nitrogens with zero attached hydrogens (tertiary/aromatic N) is 2. The summed E-state index contributed by atoms with van der Waals surface area (Å²) in [6.45, 7) is -0.567. The van der Waals surface area contributed by atoms with Gasteiger partial charge >= 0.3 is 12.5 Å². The lowest BCUT2D eigenvalue weighted by molar-refractivity contribution is -0.275. The second-order valence-electron chi connectivity index (χ2n) is 3.51. The third kappa shape index (κ3) is 3.99. The van der Waals surface area contributed by atoms with Crippen molar-refractivity contribution in [2.45, 2.75) is 25.5 Å². The van der Waals surface area contributed by atoms with Gasteiger partial charge in [0, 0.05) is 6.54 Å². The van der Waals surface area contributed by atoms with E-state index in [0.717, 1.165) is 0 Å². The Kier molecular flexibility index (Phi) is 4.44. The van der Waals surface area contributed by atoms with Gasteiger partial charge in [0.05, 0.1) is 29.4 Å². The van der Waals surface area contributed by atoms with Crippen LogP contribution >= 0.6 is 0 Å². The topological polar surface area (TPSA) is 71.9 Å². The number of pyridine rings is 1.